The van der Waals surface area contributed by atoms with Crippen molar-refractivity contribution in [1.29, 1.82) is 0 Å². The highest BCUT2D eigenvalue weighted by Gasteiger charge is 2.23. The predicted octanol–water partition coefficient (Wildman–Crippen LogP) is 7.33. The van der Waals surface area contributed by atoms with Crippen LogP contribution < -0.4 is 15.2 Å². The standard InChI is InChI=1S/C29H33FN4O3S2/c1-18(2)23-8-6-7-9-24(23)26-27(19-14-20(30)16-21(15-19)37-13-11-29(3,4)5)38-28(33-26)34-39(35,36)22-10-12-32-25(31)17-22/h6-10,12,14-18H,11,13H2,1-5H3,(H2,31,32)(H,33,34). The minimum absolute atomic E-state index is 0.0313. The maximum atomic E-state index is 14.8. The molecule has 7 nitrogen and oxygen atoms in total. The molecule has 0 saturated carbocycles. The van der Waals surface area contributed by atoms with Crippen molar-refractivity contribution in [3.8, 4) is 27.4 Å². The summed E-state index contributed by atoms with van der Waals surface area (Å²) < 4.78 is 49.5. The van der Waals surface area contributed by atoms with Gasteiger partial charge in [-0.2, -0.15) is 0 Å². The monoisotopic (exact) mass is 568 g/mol. The molecule has 4 aromatic rings. The molecule has 2 heterocycles. The third-order valence-electron chi connectivity index (χ3n) is 6.00. The Hall–Kier alpha value is -3.50. The van der Waals surface area contributed by atoms with Gasteiger partial charge in [-0.25, -0.2) is 22.8 Å². The average molecular weight is 569 g/mol. The molecule has 0 saturated heterocycles. The van der Waals surface area contributed by atoms with E-state index in [4.69, 9.17) is 15.5 Å². The lowest BCUT2D eigenvalue weighted by Crippen LogP contribution is -2.13. The fraction of sp³-hybridized carbons (Fsp3) is 0.310. The number of pyridine rings is 1. The number of halogens is 1. The topological polar surface area (TPSA) is 107 Å². The number of nitrogens with zero attached hydrogens (tertiary/aromatic N) is 2. The Morgan fingerprint density at radius 3 is 2.54 bits per heavy atom. The van der Waals surface area contributed by atoms with E-state index < -0.39 is 15.8 Å². The normalized spacial score (nSPS) is 12.1. The first-order valence-electron chi connectivity index (χ1n) is 12.6. The Balaban J connectivity index is 1.80. The molecule has 0 unspecified atom stereocenters. The van der Waals surface area contributed by atoms with Crippen LogP contribution in [0.25, 0.3) is 21.7 Å². The quantitative estimate of drug-likeness (QED) is 0.219. The number of nitrogens with two attached hydrogens (primary N) is 1. The Morgan fingerprint density at radius 2 is 1.85 bits per heavy atom. The number of benzene rings is 2. The van der Waals surface area contributed by atoms with Crippen LogP contribution in [-0.4, -0.2) is 25.0 Å². The van der Waals surface area contributed by atoms with E-state index in [1.54, 1.807) is 6.07 Å². The van der Waals surface area contributed by atoms with Crippen molar-refractivity contribution < 1.29 is 17.5 Å². The van der Waals surface area contributed by atoms with Gasteiger partial charge in [0.25, 0.3) is 10.0 Å². The molecular formula is C29H33FN4O3S2. The number of hydrogen-bond acceptors (Lipinski definition) is 7. The summed E-state index contributed by atoms with van der Waals surface area (Å²) >= 11 is 1.13. The van der Waals surface area contributed by atoms with E-state index >= 15 is 0 Å². The summed E-state index contributed by atoms with van der Waals surface area (Å²) in [6.45, 7) is 10.9. The minimum atomic E-state index is -3.99. The molecule has 0 amide bonds. The second-order valence-corrected chi connectivity index (χ2v) is 13.5. The van der Waals surface area contributed by atoms with Gasteiger partial charge in [-0.15, -0.1) is 0 Å². The van der Waals surface area contributed by atoms with Crippen LogP contribution in [-0.2, 0) is 10.0 Å². The molecule has 0 aliphatic carbocycles. The zero-order valence-corrected chi connectivity index (χ0v) is 24.3. The highest BCUT2D eigenvalue weighted by molar-refractivity contribution is 7.93. The van der Waals surface area contributed by atoms with Crippen molar-refractivity contribution in [3.05, 3.63) is 72.2 Å². The van der Waals surface area contributed by atoms with E-state index in [-0.39, 0.29) is 27.2 Å². The summed E-state index contributed by atoms with van der Waals surface area (Å²) in [5.74, 6) is 0.215. The lowest BCUT2D eigenvalue weighted by atomic mass is 9.93. The molecule has 10 heteroatoms. The Kier molecular flexibility index (Phi) is 8.27. The molecule has 206 valence electrons. The molecule has 0 spiro atoms. The molecule has 0 radical (unpaired) electrons. The summed E-state index contributed by atoms with van der Waals surface area (Å²) in [6, 6.07) is 15.0. The van der Waals surface area contributed by atoms with Crippen molar-refractivity contribution in [2.75, 3.05) is 17.1 Å². The summed E-state index contributed by atoms with van der Waals surface area (Å²) in [5, 5.41) is 0.147. The third kappa shape index (κ3) is 7.13. The fourth-order valence-electron chi connectivity index (χ4n) is 3.98. The summed E-state index contributed by atoms with van der Waals surface area (Å²) in [5.41, 5.74) is 8.76. The second-order valence-electron chi connectivity index (χ2n) is 10.8. The van der Waals surface area contributed by atoms with Crippen LogP contribution in [0.3, 0.4) is 0 Å². The number of anilines is 2. The second kappa shape index (κ2) is 11.3. The van der Waals surface area contributed by atoms with Gasteiger partial charge in [-0.3, -0.25) is 4.72 Å². The van der Waals surface area contributed by atoms with E-state index in [2.05, 4.69) is 44.3 Å². The van der Waals surface area contributed by atoms with Crippen LogP contribution in [0, 0.1) is 11.2 Å². The average Bonchev–Trinajstić information content (AvgIpc) is 3.26. The molecule has 0 fully saturated rings. The largest absolute Gasteiger partial charge is 0.493 e. The van der Waals surface area contributed by atoms with E-state index in [9.17, 15) is 12.8 Å². The number of nitrogen functional groups attached to an aromatic ring is 1. The number of nitrogens with one attached hydrogen (secondary N) is 1. The molecule has 39 heavy (non-hydrogen) atoms. The van der Waals surface area contributed by atoms with Crippen LogP contribution in [0.15, 0.2) is 65.7 Å². The van der Waals surface area contributed by atoms with Gasteiger partial charge >= 0.3 is 0 Å². The summed E-state index contributed by atoms with van der Waals surface area (Å²) in [7, 11) is -3.99. The molecule has 2 aromatic heterocycles. The van der Waals surface area contributed by atoms with Crippen LogP contribution in [0.2, 0.25) is 0 Å². The molecular weight excluding hydrogens is 535 g/mol. The van der Waals surface area contributed by atoms with Crippen LogP contribution in [0.5, 0.6) is 5.75 Å². The minimum Gasteiger partial charge on any atom is -0.493 e. The summed E-state index contributed by atoms with van der Waals surface area (Å²) in [6.07, 6.45) is 2.13. The van der Waals surface area contributed by atoms with Crippen molar-refractivity contribution in [1.82, 2.24) is 9.97 Å². The number of aromatic nitrogens is 2. The fourth-order valence-corrected chi connectivity index (χ4v) is 6.20. The Labute approximate surface area is 233 Å². The van der Waals surface area contributed by atoms with Crippen molar-refractivity contribution in [2.45, 2.75) is 51.9 Å². The van der Waals surface area contributed by atoms with Crippen molar-refractivity contribution in [2.24, 2.45) is 5.41 Å². The van der Waals surface area contributed by atoms with Gasteiger partial charge in [-0.1, -0.05) is 70.2 Å². The number of sulfonamides is 1. The van der Waals surface area contributed by atoms with Gasteiger partial charge in [-0.05, 0) is 41.5 Å². The highest BCUT2D eigenvalue weighted by Crippen LogP contribution is 2.43. The number of rotatable bonds is 9. The molecule has 0 atom stereocenters. The molecule has 4 rings (SSSR count). The van der Waals surface area contributed by atoms with E-state index in [1.807, 2.05) is 24.3 Å². The lowest BCUT2D eigenvalue weighted by Gasteiger charge is -2.18. The first kappa shape index (κ1) is 28.5. The summed E-state index contributed by atoms with van der Waals surface area (Å²) in [4.78, 5) is 9.15. The molecule has 3 N–H and O–H groups in total. The molecule has 0 aliphatic heterocycles. The predicted molar refractivity (Wildman–Crippen MR) is 156 cm³/mol. The van der Waals surface area contributed by atoms with E-state index in [0.29, 0.717) is 28.5 Å². The van der Waals surface area contributed by atoms with Gasteiger partial charge in [0.2, 0.25) is 0 Å². The zero-order chi connectivity index (χ0) is 28.4. The lowest BCUT2D eigenvalue weighted by molar-refractivity contribution is 0.242. The first-order chi connectivity index (χ1) is 18.3. The molecule has 0 aliphatic rings. The molecule has 2 aromatic carbocycles. The van der Waals surface area contributed by atoms with Crippen molar-refractivity contribution in [3.63, 3.8) is 0 Å². The van der Waals surface area contributed by atoms with Gasteiger partial charge in [0.05, 0.1) is 22.1 Å². The van der Waals surface area contributed by atoms with Gasteiger partial charge in [0, 0.05) is 29.5 Å². The highest BCUT2D eigenvalue weighted by atomic mass is 32.2. The van der Waals surface area contributed by atoms with E-state index in [1.165, 1.54) is 30.5 Å². The smallest absolute Gasteiger partial charge is 0.263 e. The number of ether oxygens (including phenoxy) is 1. The van der Waals surface area contributed by atoms with Gasteiger partial charge < -0.3 is 10.5 Å². The number of thiazole rings is 1. The first-order valence-corrected chi connectivity index (χ1v) is 14.9. The van der Waals surface area contributed by atoms with E-state index in [0.717, 1.165) is 28.9 Å². The molecule has 0 bridgehead atoms. The van der Waals surface area contributed by atoms with Crippen LogP contribution >= 0.6 is 11.3 Å². The zero-order valence-electron chi connectivity index (χ0n) is 22.7. The van der Waals surface area contributed by atoms with Crippen LogP contribution in [0.1, 0.15) is 52.5 Å². The SMILES string of the molecule is CC(C)c1ccccc1-c1nc(NS(=O)(=O)c2ccnc(N)c2)sc1-c1cc(F)cc(OCCC(C)(C)C)c1. The van der Waals surface area contributed by atoms with Gasteiger partial charge in [0.1, 0.15) is 17.4 Å². The Morgan fingerprint density at radius 1 is 1.10 bits per heavy atom. The maximum absolute atomic E-state index is 14.8. The maximum Gasteiger partial charge on any atom is 0.263 e. The van der Waals surface area contributed by atoms with Crippen molar-refractivity contribution >= 4 is 32.3 Å². The number of hydrogen-bond donors (Lipinski definition) is 2. The van der Waals surface area contributed by atoms with Crippen LogP contribution in [0.4, 0.5) is 15.3 Å². The third-order valence-corrected chi connectivity index (χ3v) is 8.49. The van der Waals surface area contributed by atoms with Gasteiger partial charge in [0.15, 0.2) is 5.13 Å². The Bertz CT molecular complexity index is 1580.